The molecule has 6 unspecified atom stereocenters. The highest BCUT2D eigenvalue weighted by Crippen LogP contribution is 2.63. The van der Waals surface area contributed by atoms with E-state index in [9.17, 15) is 23.9 Å². The van der Waals surface area contributed by atoms with Crippen molar-refractivity contribution < 1.29 is 37.4 Å². The maximum absolute atomic E-state index is 15.4. The third kappa shape index (κ3) is 3.76. The molecule has 1 aromatic rings. The van der Waals surface area contributed by atoms with Gasteiger partial charge in [0.15, 0.2) is 24.0 Å². The second kappa shape index (κ2) is 8.56. The first-order valence-corrected chi connectivity index (χ1v) is 11.6. The van der Waals surface area contributed by atoms with Crippen LogP contribution in [0.1, 0.15) is 57.0 Å². The van der Waals surface area contributed by atoms with E-state index < -0.39 is 53.2 Å². The fraction of sp³-hybridized carbons (Fsp3) is 0.577. The maximum Gasteiger partial charge on any atom is 0.375 e. The van der Waals surface area contributed by atoms with E-state index >= 15 is 4.39 Å². The number of fused-ring (bicyclic) bond motifs is 1. The van der Waals surface area contributed by atoms with Gasteiger partial charge in [0, 0.05) is 23.2 Å². The molecule has 6 nitrogen and oxygen atoms in total. The van der Waals surface area contributed by atoms with Gasteiger partial charge >= 0.3 is 5.97 Å². The number of aliphatic hydroxyl groups excluding tert-OH is 1. The summed E-state index contributed by atoms with van der Waals surface area (Å²) < 4.78 is 40.4. The van der Waals surface area contributed by atoms with Crippen molar-refractivity contribution >= 4 is 18.0 Å². The number of esters is 1. The quantitative estimate of drug-likeness (QED) is 0.479. The van der Waals surface area contributed by atoms with Gasteiger partial charge in [-0.2, -0.15) is 0 Å². The van der Waals surface area contributed by atoms with Gasteiger partial charge < -0.3 is 14.3 Å². The fourth-order valence-corrected chi connectivity index (χ4v) is 6.82. The number of furan rings is 1. The first-order valence-electron chi connectivity index (χ1n) is 11.6. The molecule has 0 saturated heterocycles. The Balaban J connectivity index is 1.72. The van der Waals surface area contributed by atoms with Gasteiger partial charge in [-0.3, -0.25) is 9.59 Å². The molecule has 34 heavy (non-hydrogen) atoms. The molecular formula is C26H30F2O6. The molecule has 3 aliphatic carbocycles. The van der Waals surface area contributed by atoms with Crippen LogP contribution < -0.4 is 0 Å². The van der Waals surface area contributed by atoms with Crippen LogP contribution in [-0.2, 0) is 14.3 Å². The zero-order valence-electron chi connectivity index (χ0n) is 19.5. The topological polar surface area (TPSA) is 93.8 Å². The summed E-state index contributed by atoms with van der Waals surface area (Å²) in [6.45, 7) is 5.24. The molecule has 2 saturated carbocycles. The van der Waals surface area contributed by atoms with Crippen LogP contribution in [0.15, 0.2) is 46.6 Å². The molecule has 1 heterocycles. The molecule has 1 aromatic heterocycles. The molecule has 1 N–H and O–H groups in total. The van der Waals surface area contributed by atoms with E-state index in [4.69, 9.17) is 9.15 Å². The summed E-state index contributed by atoms with van der Waals surface area (Å²) in [6, 6.07) is 2.91. The lowest BCUT2D eigenvalue weighted by Gasteiger charge is -2.49. The average molecular weight is 477 g/mol. The fourth-order valence-electron chi connectivity index (χ4n) is 6.82. The van der Waals surface area contributed by atoms with Crippen LogP contribution in [0.3, 0.4) is 0 Å². The first-order chi connectivity index (χ1) is 16.0. The largest absolute Gasteiger partial charge is 0.457 e. The van der Waals surface area contributed by atoms with E-state index in [1.807, 2.05) is 6.92 Å². The van der Waals surface area contributed by atoms with Crippen molar-refractivity contribution in [3.8, 4) is 0 Å². The van der Waals surface area contributed by atoms with Crippen molar-refractivity contribution in [2.45, 2.75) is 64.6 Å². The van der Waals surface area contributed by atoms with Gasteiger partial charge in [-0.05, 0) is 61.0 Å². The van der Waals surface area contributed by atoms with Crippen molar-refractivity contribution in [1.82, 2.24) is 0 Å². The van der Waals surface area contributed by atoms with Crippen LogP contribution in [0.4, 0.5) is 8.78 Å². The van der Waals surface area contributed by atoms with Crippen LogP contribution in [0, 0.1) is 28.6 Å². The second-order valence-electron chi connectivity index (χ2n) is 10.5. The molecule has 0 amide bonds. The molecule has 8 heteroatoms. The molecule has 0 aromatic carbocycles. The third-order valence-electron chi connectivity index (χ3n) is 8.48. The van der Waals surface area contributed by atoms with Crippen molar-refractivity contribution in [3.05, 3.63) is 48.0 Å². The summed E-state index contributed by atoms with van der Waals surface area (Å²) in [5, 5.41) is 9.77. The SMILES string of the molecule is C[C@@H]1CC(C2C[C@H](F)C3=CC(=O)C=CC3(C)C2)C(C)(CC(O)F)C1(C=O)OC(=O)c1ccco1. The lowest BCUT2D eigenvalue weighted by Crippen LogP contribution is -2.55. The zero-order valence-corrected chi connectivity index (χ0v) is 19.5. The number of carbonyl (C=O) groups excluding carboxylic acids is 3. The van der Waals surface area contributed by atoms with Crippen LogP contribution >= 0.6 is 0 Å². The third-order valence-corrected chi connectivity index (χ3v) is 8.48. The van der Waals surface area contributed by atoms with Crippen molar-refractivity contribution in [2.75, 3.05) is 0 Å². The van der Waals surface area contributed by atoms with Crippen LogP contribution in [0.2, 0.25) is 0 Å². The normalized spacial score (nSPS) is 40.4. The Labute approximate surface area is 197 Å². The van der Waals surface area contributed by atoms with Gasteiger partial charge in [-0.1, -0.05) is 26.8 Å². The number of rotatable bonds is 6. The molecule has 0 spiro atoms. The molecule has 0 bridgehead atoms. The predicted molar refractivity (Wildman–Crippen MR) is 118 cm³/mol. The second-order valence-corrected chi connectivity index (χ2v) is 10.5. The number of halogens is 2. The number of carbonyl (C=O) groups is 3. The molecule has 0 aliphatic heterocycles. The average Bonchev–Trinajstić information content (AvgIpc) is 3.36. The first kappa shape index (κ1) is 24.5. The van der Waals surface area contributed by atoms with Crippen molar-refractivity contribution in [3.63, 3.8) is 0 Å². The lowest BCUT2D eigenvalue weighted by atomic mass is 9.57. The monoisotopic (exact) mass is 476 g/mol. The van der Waals surface area contributed by atoms with Gasteiger partial charge in [-0.25, -0.2) is 13.6 Å². The molecule has 3 aliphatic rings. The number of hydrogen-bond donors (Lipinski definition) is 1. The summed E-state index contributed by atoms with van der Waals surface area (Å²) in [6.07, 6.45) is 3.20. The Morgan fingerprint density at radius 1 is 1.38 bits per heavy atom. The number of ether oxygens (including phenoxy) is 1. The predicted octanol–water partition coefficient (Wildman–Crippen LogP) is 4.53. The minimum absolute atomic E-state index is 0.0962. The highest BCUT2D eigenvalue weighted by atomic mass is 19.1. The van der Waals surface area contributed by atoms with Crippen LogP contribution in [0.5, 0.6) is 0 Å². The minimum Gasteiger partial charge on any atom is -0.457 e. The Morgan fingerprint density at radius 2 is 2.12 bits per heavy atom. The molecular weight excluding hydrogens is 446 g/mol. The van der Waals surface area contributed by atoms with Gasteiger partial charge in [-0.15, -0.1) is 0 Å². The van der Waals surface area contributed by atoms with E-state index in [0.29, 0.717) is 24.7 Å². The Hall–Kier alpha value is -2.61. The summed E-state index contributed by atoms with van der Waals surface area (Å²) in [7, 11) is 0. The van der Waals surface area contributed by atoms with E-state index in [-0.39, 0.29) is 23.9 Å². The Kier molecular flexibility index (Phi) is 6.17. The van der Waals surface area contributed by atoms with Crippen LogP contribution in [0.25, 0.3) is 0 Å². The minimum atomic E-state index is -2.26. The van der Waals surface area contributed by atoms with Gasteiger partial charge in [0.1, 0.15) is 6.17 Å². The smallest absolute Gasteiger partial charge is 0.375 e. The number of hydrogen-bond acceptors (Lipinski definition) is 6. The molecule has 0 radical (unpaired) electrons. The van der Waals surface area contributed by atoms with Gasteiger partial charge in [0.05, 0.1) is 6.26 Å². The summed E-state index contributed by atoms with van der Waals surface area (Å²) in [4.78, 5) is 37.3. The molecule has 184 valence electrons. The number of allylic oxidation sites excluding steroid dienone is 4. The lowest BCUT2D eigenvalue weighted by molar-refractivity contribution is -0.157. The number of aldehydes is 1. The summed E-state index contributed by atoms with van der Waals surface area (Å²) in [5.74, 6) is -2.44. The highest BCUT2D eigenvalue weighted by Gasteiger charge is 2.66. The van der Waals surface area contributed by atoms with E-state index in [1.54, 1.807) is 19.9 Å². The number of alkyl halides is 2. The maximum atomic E-state index is 15.4. The molecule has 8 atom stereocenters. The zero-order chi connectivity index (χ0) is 24.9. The van der Waals surface area contributed by atoms with Gasteiger partial charge in [0.2, 0.25) is 5.76 Å². The Morgan fingerprint density at radius 3 is 2.74 bits per heavy atom. The number of aliphatic hydroxyl groups is 1. The summed E-state index contributed by atoms with van der Waals surface area (Å²) >= 11 is 0. The van der Waals surface area contributed by atoms with Crippen molar-refractivity contribution in [2.24, 2.45) is 28.6 Å². The molecule has 2 fully saturated rings. The van der Waals surface area contributed by atoms with E-state index in [2.05, 4.69) is 0 Å². The van der Waals surface area contributed by atoms with Crippen molar-refractivity contribution in [1.29, 1.82) is 0 Å². The highest BCUT2D eigenvalue weighted by molar-refractivity contribution is 6.01. The van der Waals surface area contributed by atoms with Gasteiger partial charge in [0.25, 0.3) is 0 Å². The Bertz CT molecular complexity index is 1030. The van der Waals surface area contributed by atoms with E-state index in [0.717, 1.165) is 0 Å². The number of ketones is 1. The summed E-state index contributed by atoms with van der Waals surface area (Å²) in [5.41, 5.74) is -3.30. The van der Waals surface area contributed by atoms with E-state index in [1.165, 1.54) is 30.5 Å². The standard InChI is InChI=1S/C26H30F2O6/c1-15-9-18(16-10-20(27)19-11-17(30)6-7-24(19,2)12-16)25(3,13-22(28)31)26(15,14-29)34-23(32)21-5-4-8-33-21/h4-8,11,14-16,18,20,22,31H,9-10,12-13H2,1-3H3/t15-,16?,18?,20+,22?,24?,25?,26?/m1/s1. The van der Waals surface area contributed by atoms with Crippen LogP contribution in [-0.4, -0.2) is 41.3 Å². The molecule has 4 rings (SSSR count).